The van der Waals surface area contributed by atoms with Crippen molar-refractivity contribution < 1.29 is 41.1 Å². The van der Waals surface area contributed by atoms with Gasteiger partial charge in [0.1, 0.15) is 18.6 Å². The van der Waals surface area contributed by atoms with Crippen molar-refractivity contribution in [3.05, 3.63) is 59.7 Å². The summed E-state index contributed by atoms with van der Waals surface area (Å²) in [6.07, 6.45) is 0.785. The summed E-state index contributed by atoms with van der Waals surface area (Å²) in [5.41, 5.74) is 1.58. The number of benzene rings is 2. The summed E-state index contributed by atoms with van der Waals surface area (Å²) in [6.45, 7) is 5.25. The standard InChI is InChI=1S/C24H32O9S/c1-21-2-8-24(9-3-21)34(26,27)33-19-17-31-15-13-29-11-10-28-12-14-30-16-18-32-23-6-4-22(20-25)5-7-23/h2-9,20H,10-19H2,1H3. The SMILES string of the molecule is Cc1ccc(S(=O)(=O)OCCOCCOCCOCCOCCOc2ccc(C=O)cc2)cc1. The molecule has 188 valence electrons. The minimum absolute atomic E-state index is 0.0587. The number of carbonyl (C=O) groups is 1. The van der Waals surface area contributed by atoms with Gasteiger partial charge < -0.3 is 23.7 Å². The number of ether oxygens (including phenoxy) is 5. The highest BCUT2D eigenvalue weighted by molar-refractivity contribution is 7.86. The topological polar surface area (TPSA) is 107 Å². The molecule has 0 atom stereocenters. The Balaban J connectivity index is 1.34. The van der Waals surface area contributed by atoms with Crippen LogP contribution in [0, 0.1) is 6.92 Å². The molecule has 0 amide bonds. The second-order valence-electron chi connectivity index (χ2n) is 7.07. The summed E-state index contributed by atoms with van der Waals surface area (Å²) < 4.78 is 56.0. The van der Waals surface area contributed by atoms with E-state index in [2.05, 4.69) is 0 Å². The van der Waals surface area contributed by atoms with Crippen LogP contribution in [0.2, 0.25) is 0 Å². The molecule has 0 aromatic heterocycles. The van der Waals surface area contributed by atoms with Crippen molar-refractivity contribution in [1.29, 1.82) is 0 Å². The largest absolute Gasteiger partial charge is 0.491 e. The molecule has 9 nitrogen and oxygen atoms in total. The molecule has 0 aliphatic heterocycles. The first-order valence-corrected chi connectivity index (χ1v) is 12.4. The first kappa shape index (κ1) is 27.9. The molecule has 0 heterocycles. The van der Waals surface area contributed by atoms with Crippen molar-refractivity contribution >= 4 is 16.4 Å². The minimum atomic E-state index is -3.77. The average molecular weight is 497 g/mol. The van der Waals surface area contributed by atoms with E-state index >= 15 is 0 Å². The molecular formula is C24H32O9S. The number of hydrogen-bond donors (Lipinski definition) is 0. The third-order valence-electron chi connectivity index (χ3n) is 4.40. The van der Waals surface area contributed by atoms with E-state index in [1.54, 1.807) is 36.4 Å². The second-order valence-corrected chi connectivity index (χ2v) is 8.69. The van der Waals surface area contributed by atoms with Crippen LogP contribution in [-0.4, -0.2) is 80.8 Å². The quantitative estimate of drug-likeness (QED) is 0.165. The molecule has 0 fully saturated rings. The first-order chi connectivity index (χ1) is 16.5. The average Bonchev–Trinajstić information content (AvgIpc) is 2.84. The highest BCUT2D eigenvalue weighted by Gasteiger charge is 2.14. The van der Waals surface area contributed by atoms with Crippen LogP contribution in [-0.2, 0) is 33.2 Å². The Bertz CT molecular complexity index is 912. The fraction of sp³-hybridized carbons (Fsp3) is 0.458. The van der Waals surface area contributed by atoms with Crippen LogP contribution >= 0.6 is 0 Å². The van der Waals surface area contributed by atoms with Gasteiger partial charge in [-0.15, -0.1) is 0 Å². The molecule has 10 heteroatoms. The maximum absolute atomic E-state index is 12.0. The molecular weight excluding hydrogens is 464 g/mol. The van der Waals surface area contributed by atoms with Crippen LogP contribution in [0.5, 0.6) is 5.75 Å². The summed E-state index contributed by atoms with van der Waals surface area (Å²) >= 11 is 0. The molecule has 0 saturated heterocycles. The third-order valence-corrected chi connectivity index (χ3v) is 5.73. The number of aldehydes is 1. The normalized spacial score (nSPS) is 11.4. The Morgan fingerprint density at radius 2 is 1.12 bits per heavy atom. The van der Waals surface area contributed by atoms with E-state index in [9.17, 15) is 13.2 Å². The molecule has 0 radical (unpaired) electrons. The summed E-state index contributed by atoms with van der Waals surface area (Å²) in [6, 6.07) is 13.3. The second kappa shape index (κ2) is 16.3. The van der Waals surface area contributed by atoms with Crippen LogP contribution in [0.15, 0.2) is 53.4 Å². The molecule has 0 N–H and O–H groups in total. The van der Waals surface area contributed by atoms with Crippen molar-refractivity contribution in [3.63, 3.8) is 0 Å². The lowest BCUT2D eigenvalue weighted by molar-refractivity contribution is -0.00682. The molecule has 0 aliphatic carbocycles. The summed E-state index contributed by atoms with van der Waals surface area (Å²) in [5, 5.41) is 0. The Labute approximate surface area is 201 Å². The maximum atomic E-state index is 12.0. The molecule has 2 rings (SSSR count). The van der Waals surface area contributed by atoms with Gasteiger partial charge in [0.15, 0.2) is 0 Å². The zero-order chi connectivity index (χ0) is 24.5. The van der Waals surface area contributed by atoms with Crippen LogP contribution < -0.4 is 4.74 Å². The highest BCUT2D eigenvalue weighted by atomic mass is 32.2. The molecule has 34 heavy (non-hydrogen) atoms. The lowest BCUT2D eigenvalue weighted by Gasteiger charge is -2.09. The van der Waals surface area contributed by atoms with E-state index in [-0.39, 0.29) is 18.1 Å². The van der Waals surface area contributed by atoms with E-state index in [4.69, 9.17) is 27.9 Å². The molecule has 2 aromatic carbocycles. The van der Waals surface area contributed by atoms with E-state index < -0.39 is 10.1 Å². The summed E-state index contributed by atoms with van der Waals surface area (Å²) in [7, 11) is -3.77. The van der Waals surface area contributed by atoms with Gasteiger partial charge in [0.25, 0.3) is 10.1 Å². The minimum Gasteiger partial charge on any atom is -0.491 e. The molecule has 0 aliphatic rings. The van der Waals surface area contributed by atoms with Crippen LogP contribution in [0.3, 0.4) is 0 Å². The third kappa shape index (κ3) is 11.7. The highest BCUT2D eigenvalue weighted by Crippen LogP contribution is 2.13. The molecule has 0 spiro atoms. The lowest BCUT2D eigenvalue weighted by atomic mass is 10.2. The first-order valence-electron chi connectivity index (χ1n) is 11.0. The predicted octanol–water partition coefficient (Wildman–Crippen LogP) is 2.66. The number of hydrogen-bond acceptors (Lipinski definition) is 9. The zero-order valence-corrected chi connectivity index (χ0v) is 20.2. The van der Waals surface area contributed by atoms with Gasteiger partial charge in [0.2, 0.25) is 0 Å². The van der Waals surface area contributed by atoms with E-state index in [0.29, 0.717) is 64.2 Å². The summed E-state index contributed by atoms with van der Waals surface area (Å²) in [5.74, 6) is 0.686. The van der Waals surface area contributed by atoms with Gasteiger partial charge in [-0.25, -0.2) is 0 Å². The van der Waals surface area contributed by atoms with Gasteiger partial charge in [0, 0.05) is 5.56 Å². The molecule has 0 bridgehead atoms. The van der Waals surface area contributed by atoms with Crippen molar-refractivity contribution in [2.75, 3.05) is 66.1 Å². The smallest absolute Gasteiger partial charge is 0.297 e. The Kier molecular flexibility index (Phi) is 13.4. The molecule has 0 saturated carbocycles. The Morgan fingerprint density at radius 1 is 0.647 bits per heavy atom. The van der Waals surface area contributed by atoms with Gasteiger partial charge in [-0.3, -0.25) is 8.98 Å². The number of aryl methyl sites for hydroxylation is 1. The number of carbonyl (C=O) groups excluding carboxylic acids is 1. The van der Waals surface area contributed by atoms with E-state index in [1.165, 1.54) is 12.1 Å². The number of rotatable bonds is 19. The van der Waals surface area contributed by atoms with Crippen molar-refractivity contribution in [1.82, 2.24) is 0 Å². The monoisotopic (exact) mass is 496 g/mol. The van der Waals surface area contributed by atoms with Crippen LogP contribution in [0.1, 0.15) is 15.9 Å². The van der Waals surface area contributed by atoms with Gasteiger partial charge in [-0.1, -0.05) is 17.7 Å². The fourth-order valence-corrected chi connectivity index (χ4v) is 3.49. The van der Waals surface area contributed by atoms with Crippen molar-refractivity contribution in [2.45, 2.75) is 11.8 Å². The maximum Gasteiger partial charge on any atom is 0.297 e. The zero-order valence-electron chi connectivity index (χ0n) is 19.3. The van der Waals surface area contributed by atoms with E-state index in [0.717, 1.165) is 11.8 Å². The lowest BCUT2D eigenvalue weighted by Crippen LogP contribution is -2.15. The van der Waals surface area contributed by atoms with Crippen LogP contribution in [0.4, 0.5) is 0 Å². The fourth-order valence-electron chi connectivity index (χ4n) is 2.60. The Hall–Kier alpha value is -2.34. The van der Waals surface area contributed by atoms with E-state index in [1.807, 2.05) is 6.92 Å². The van der Waals surface area contributed by atoms with Crippen LogP contribution in [0.25, 0.3) is 0 Å². The van der Waals surface area contributed by atoms with Gasteiger partial charge in [0.05, 0.1) is 64.4 Å². The molecule has 2 aromatic rings. The van der Waals surface area contributed by atoms with Crippen molar-refractivity contribution in [3.8, 4) is 5.75 Å². The van der Waals surface area contributed by atoms with Gasteiger partial charge >= 0.3 is 0 Å². The van der Waals surface area contributed by atoms with Gasteiger partial charge in [-0.05, 0) is 43.3 Å². The summed E-state index contributed by atoms with van der Waals surface area (Å²) in [4.78, 5) is 10.7. The predicted molar refractivity (Wildman–Crippen MR) is 125 cm³/mol. The van der Waals surface area contributed by atoms with Crippen molar-refractivity contribution in [2.24, 2.45) is 0 Å². The molecule has 0 unspecified atom stereocenters. The van der Waals surface area contributed by atoms with Gasteiger partial charge in [-0.2, -0.15) is 8.42 Å². The Morgan fingerprint density at radius 3 is 1.62 bits per heavy atom.